The lowest BCUT2D eigenvalue weighted by Crippen LogP contribution is -2.33. The molecule has 0 aliphatic carbocycles. The molecule has 4 rings (SSSR count). The molecular weight excluding hydrogens is 332 g/mol. The van der Waals surface area contributed by atoms with Crippen LogP contribution in [0.2, 0.25) is 0 Å². The number of amides is 1. The van der Waals surface area contributed by atoms with Gasteiger partial charge in [-0.2, -0.15) is 0 Å². The maximum atomic E-state index is 12.3. The van der Waals surface area contributed by atoms with Crippen LogP contribution in [0.25, 0.3) is 11.3 Å². The highest BCUT2D eigenvalue weighted by molar-refractivity contribution is 5.92. The van der Waals surface area contributed by atoms with Crippen molar-refractivity contribution in [3.63, 3.8) is 0 Å². The molecule has 134 valence electrons. The first-order valence-electron chi connectivity index (χ1n) is 8.52. The van der Waals surface area contributed by atoms with Crippen molar-refractivity contribution in [2.75, 3.05) is 13.2 Å². The van der Waals surface area contributed by atoms with Crippen LogP contribution in [0, 0.1) is 5.92 Å². The Balaban J connectivity index is 1.45. The molecule has 0 spiro atoms. The average Bonchev–Trinajstić information content (AvgIpc) is 3.21. The minimum absolute atomic E-state index is 0.0865. The Morgan fingerprint density at radius 3 is 3.08 bits per heavy atom. The monoisotopic (exact) mass is 352 g/mol. The molecule has 26 heavy (non-hydrogen) atoms. The molecule has 3 aromatic heterocycles. The van der Waals surface area contributed by atoms with Gasteiger partial charge in [0.1, 0.15) is 11.4 Å². The van der Waals surface area contributed by atoms with Gasteiger partial charge in [0.05, 0.1) is 18.9 Å². The van der Waals surface area contributed by atoms with Gasteiger partial charge in [-0.05, 0) is 24.3 Å². The van der Waals surface area contributed by atoms with E-state index in [-0.39, 0.29) is 11.8 Å². The van der Waals surface area contributed by atoms with Crippen LogP contribution in [0.1, 0.15) is 16.2 Å². The van der Waals surface area contributed by atoms with E-state index in [1.807, 2.05) is 36.1 Å². The summed E-state index contributed by atoms with van der Waals surface area (Å²) in [5.41, 5.74) is 3.30. The van der Waals surface area contributed by atoms with E-state index >= 15 is 0 Å². The molecular formula is C18H20N6O2. The summed E-state index contributed by atoms with van der Waals surface area (Å²) in [6.07, 6.45) is 5.35. The lowest BCUT2D eigenvalue weighted by molar-refractivity contribution is 0.0847. The zero-order valence-electron chi connectivity index (χ0n) is 14.5. The molecule has 0 bridgehead atoms. The molecule has 1 aliphatic heterocycles. The van der Waals surface area contributed by atoms with Crippen LogP contribution in [0.4, 0.5) is 0 Å². The predicted molar refractivity (Wildman–Crippen MR) is 94.1 cm³/mol. The zero-order chi connectivity index (χ0) is 17.9. The third-order valence-electron chi connectivity index (χ3n) is 4.52. The van der Waals surface area contributed by atoms with Gasteiger partial charge in [0.25, 0.3) is 5.91 Å². The first kappa shape index (κ1) is 16.5. The van der Waals surface area contributed by atoms with Crippen LogP contribution in [0.3, 0.4) is 0 Å². The van der Waals surface area contributed by atoms with Crippen molar-refractivity contribution in [3.8, 4) is 11.3 Å². The van der Waals surface area contributed by atoms with Crippen molar-refractivity contribution >= 4 is 5.91 Å². The number of nitrogens with zero attached hydrogens (tertiary/aromatic N) is 5. The standard InChI is InChI=1S/C18H20N6O2/c1-23-7-3-5-15(23)18(25)20-8-13-10-24-16(12-26-11-13)17(21-22-24)14-4-2-6-19-9-14/h2-7,9,13H,8,10-12H2,1H3,(H,20,25). The maximum Gasteiger partial charge on any atom is 0.267 e. The van der Waals surface area contributed by atoms with Crippen molar-refractivity contribution < 1.29 is 9.53 Å². The smallest absolute Gasteiger partial charge is 0.267 e. The highest BCUT2D eigenvalue weighted by Crippen LogP contribution is 2.23. The number of hydrogen-bond donors (Lipinski definition) is 1. The average molecular weight is 352 g/mol. The van der Waals surface area contributed by atoms with Crippen molar-refractivity contribution in [2.24, 2.45) is 13.0 Å². The lowest BCUT2D eigenvalue weighted by Gasteiger charge is -2.15. The summed E-state index contributed by atoms with van der Waals surface area (Å²) in [7, 11) is 1.85. The van der Waals surface area contributed by atoms with Crippen LogP contribution in [-0.4, -0.2) is 43.6 Å². The molecule has 0 saturated carbocycles. The van der Waals surface area contributed by atoms with Gasteiger partial charge in [-0.3, -0.25) is 9.78 Å². The number of carbonyl (C=O) groups excluding carboxylic acids is 1. The molecule has 1 aliphatic rings. The fourth-order valence-corrected chi connectivity index (χ4v) is 3.12. The summed E-state index contributed by atoms with van der Waals surface area (Å²) < 4.78 is 9.49. The summed E-state index contributed by atoms with van der Waals surface area (Å²) in [6.45, 7) is 2.17. The quantitative estimate of drug-likeness (QED) is 0.764. The molecule has 1 amide bonds. The Morgan fingerprint density at radius 2 is 2.31 bits per heavy atom. The van der Waals surface area contributed by atoms with Gasteiger partial charge < -0.3 is 14.6 Å². The van der Waals surface area contributed by atoms with Crippen molar-refractivity contribution in [1.29, 1.82) is 0 Å². The topological polar surface area (TPSA) is 86.9 Å². The van der Waals surface area contributed by atoms with Crippen molar-refractivity contribution in [1.82, 2.24) is 29.9 Å². The number of hydrogen-bond acceptors (Lipinski definition) is 5. The van der Waals surface area contributed by atoms with E-state index in [4.69, 9.17) is 4.74 Å². The first-order chi connectivity index (χ1) is 12.7. The van der Waals surface area contributed by atoms with Crippen LogP contribution < -0.4 is 5.32 Å². The largest absolute Gasteiger partial charge is 0.375 e. The van der Waals surface area contributed by atoms with Gasteiger partial charge in [0.15, 0.2) is 0 Å². The Hall–Kier alpha value is -3.00. The van der Waals surface area contributed by atoms with E-state index in [2.05, 4.69) is 20.6 Å². The second kappa shape index (κ2) is 7.09. The van der Waals surface area contributed by atoms with Crippen molar-refractivity contribution in [3.05, 3.63) is 54.2 Å². The Bertz CT molecular complexity index is 902. The highest BCUT2D eigenvalue weighted by atomic mass is 16.5. The normalized spacial score (nSPS) is 16.7. The molecule has 1 unspecified atom stereocenters. The van der Waals surface area contributed by atoms with Gasteiger partial charge in [-0.1, -0.05) is 5.21 Å². The third kappa shape index (κ3) is 3.23. The molecule has 1 N–H and O–H groups in total. The lowest BCUT2D eigenvalue weighted by atomic mass is 10.1. The summed E-state index contributed by atoms with van der Waals surface area (Å²) in [4.78, 5) is 16.4. The number of ether oxygens (including phenoxy) is 1. The Labute approximate surface area is 150 Å². The number of rotatable bonds is 4. The predicted octanol–water partition coefficient (Wildman–Crippen LogP) is 1.25. The van der Waals surface area contributed by atoms with Gasteiger partial charge in [0, 0.05) is 50.2 Å². The van der Waals surface area contributed by atoms with Gasteiger partial charge in [-0.15, -0.1) is 5.10 Å². The zero-order valence-corrected chi connectivity index (χ0v) is 14.5. The second-order valence-corrected chi connectivity index (χ2v) is 6.40. The molecule has 3 aromatic rings. The van der Waals surface area contributed by atoms with Crippen molar-refractivity contribution in [2.45, 2.75) is 13.2 Å². The van der Waals surface area contributed by atoms with Gasteiger partial charge in [-0.25, -0.2) is 4.68 Å². The summed E-state index contributed by atoms with van der Waals surface area (Å²) >= 11 is 0. The number of nitrogens with one attached hydrogen (secondary N) is 1. The third-order valence-corrected chi connectivity index (χ3v) is 4.52. The van der Waals surface area contributed by atoms with E-state index in [0.717, 1.165) is 17.0 Å². The summed E-state index contributed by atoms with van der Waals surface area (Å²) in [5, 5.41) is 11.6. The Kier molecular flexibility index (Phi) is 4.49. The molecule has 4 heterocycles. The molecule has 8 nitrogen and oxygen atoms in total. The number of aryl methyl sites for hydroxylation is 1. The molecule has 0 fully saturated rings. The number of carbonyl (C=O) groups is 1. The highest BCUT2D eigenvalue weighted by Gasteiger charge is 2.23. The molecule has 8 heteroatoms. The van der Waals surface area contributed by atoms with E-state index in [1.54, 1.807) is 23.0 Å². The molecule has 0 radical (unpaired) electrons. The van der Waals surface area contributed by atoms with E-state index in [9.17, 15) is 4.79 Å². The first-order valence-corrected chi connectivity index (χ1v) is 8.52. The minimum atomic E-state index is -0.0865. The fraction of sp³-hybridized carbons (Fsp3) is 0.333. The number of pyridine rings is 1. The van der Waals surface area contributed by atoms with Crippen LogP contribution >= 0.6 is 0 Å². The number of aromatic nitrogens is 5. The van der Waals surface area contributed by atoms with Crippen LogP contribution in [0.15, 0.2) is 42.9 Å². The maximum absolute atomic E-state index is 12.3. The van der Waals surface area contributed by atoms with E-state index in [0.29, 0.717) is 32.0 Å². The van der Waals surface area contributed by atoms with Gasteiger partial charge in [0.2, 0.25) is 0 Å². The van der Waals surface area contributed by atoms with Crippen LogP contribution in [0.5, 0.6) is 0 Å². The molecule has 0 saturated heterocycles. The van der Waals surface area contributed by atoms with Crippen LogP contribution in [-0.2, 0) is 24.9 Å². The van der Waals surface area contributed by atoms with E-state index in [1.165, 1.54) is 0 Å². The SMILES string of the molecule is Cn1cccc1C(=O)NCC1COCc2c(-c3cccnc3)nnn2C1. The molecule has 0 aromatic carbocycles. The minimum Gasteiger partial charge on any atom is -0.375 e. The van der Waals surface area contributed by atoms with E-state index < -0.39 is 0 Å². The van der Waals surface area contributed by atoms with Gasteiger partial charge >= 0.3 is 0 Å². The molecule has 1 atom stereocenters. The Morgan fingerprint density at radius 1 is 1.38 bits per heavy atom. The number of fused-ring (bicyclic) bond motifs is 1. The fourth-order valence-electron chi connectivity index (χ4n) is 3.12. The summed E-state index contributed by atoms with van der Waals surface area (Å²) in [5.74, 6) is 0.0422. The summed E-state index contributed by atoms with van der Waals surface area (Å²) in [6, 6.07) is 7.49. The second-order valence-electron chi connectivity index (χ2n) is 6.40.